The first kappa shape index (κ1) is 30.2. The molecule has 8 heteroatoms. The summed E-state index contributed by atoms with van der Waals surface area (Å²) in [4.78, 5) is 28.9. The van der Waals surface area contributed by atoms with Gasteiger partial charge in [-0.25, -0.2) is 0 Å². The summed E-state index contributed by atoms with van der Waals surface area (Å²) in [7, 11) is 0. The lowest BCUT2D eigenvalue weighted by atomic mass is 9.98. The summed E-state index contributed by atoms with van der Waals surface area (Å²) in [6.45, 7) is 8.06. The number of aryl methyl sites for hydroxylation is 2. The molecule has 0 unspecified atom stereocenters. The Morgan fingerprint density at radius 2 is 0.886 bits per heavy atom. The van der Waals surface area contributed by atoms with E-state index in [9.17, 15) is 19.8 Å². The highest BCUT2D eigenvalue weighted by Gasteiger charge is 2.50. The van der Waals surface area contributed by atoms with Gasteiger partial charge in [-0.05, 0) is 111 Å². The van der Waals surface area contributed by atoms with Crippen LogP contribution in [0.4, 0.5) is 11.4 Å². The maximum atomic E-state index is 13.2. The molecule has 4 aromatic rings. The fraction of sp³-hybridized carbons (Fsp3) is 0.278. The molecule has 6 rings (SSSR count). The normalized spacial score (nSPS) is 25.2. The smallest absolute Gasteiger partial charge is 0.241 e. The zero-order chi connectivity index (χ0) is 31.2. The molecular weight excluding hydrogens is 589 g/mol. The van der Waals surface area contributed by atoms with Gasteiger partial charge in [0.05, 0.1) is 10.5 Å². The van der Waals surface area contributed by atoms with E-state index in [4.69, 9.17) is 0 Å². The van der Waals surface area contributed by atoms with Crippen molar-refractivity contribution in [1.82, 2.24) is 0 Å². The quantitative estimate of drug-likeness (QED) is 0.221. The molecule has 0 aromatic heterocycles. The third-order valence-electron chi connectivity index (χ3n) is 8.70. The third-order valence-corrected chi connectivity index (χ3v) is 11.6. The molecule has 2 aliphatic heterocycles. The molecule has 0 saturated carbocycles. The van der Waals surface area contributed by atoms with Gasteiger partial charge in [-0.2, -0.15) is 0 Å². The van der Waals surface area contributed by atoms with Crippen molar-refractivity contribution in [2.45, 2.75) is 60.8 Å². The Morgan fingerprint density at radius 3 is 1.20 bits per heavy atom. The average Bonchev–Trinajstić information content (AvgIpc) is 3.40. The van der Waals surface area contributed by atoms with Crippen LogP contribution in [0.2, 0.25) is 0 Å². The van der Waals surface area contributed by atoms with Crippen molar-refractivity contribution < 1.29 is 19.8 Å². The molecule has 0 aliphatic carbocycles. The minimum Gasteiger partial charge on any atom is -0.508 e. The third kappa shape index (κ3) is 5.35. The second-order valence-corrected chi connectivity index (χ2v) is 15.2. The molecule has 6 nitrogen and oxygen atoms in total. The molecule has 0 radical (unpaired) electrons. The molecule has 4 atom stereocenters. The van der Waals surface area contributed by atoms with E-state index < -0.39 is 9.74 Å². The number of nitrogens with zero attached hydrogens (tertiary/aromatic N) is 2. The van der Waals surface area contributed by atoms with E-state index in [1.54, 1.807) is 72.1 Å². The van der Waals surface area contributed by atoms with Crippen LogP contribution >= 0.6 is 23.5 Å². The molecule has 226 valence electrons. The SMILES string of the molecule is C[C@@H]1S[C@@](C)(c2ccc(CCc3ccc([C@]4(C)S[C@@H](C)C(=O)N4c4ccc(O)cc4)cc3)cc2)N(c2ccc(O)cc2)C1=O. The minimum absolute atomic E-state index is 0.0607. The number of hydrogen-bond donors (Lipinski definition) is 2. The highest BCUT2D eigenvalue weighted by molar-refractivity contribution is 8.02. The standard InChI is InChI=1S/C36H36N2O4S2/c1-23-33(41)37(29-15-19-31(39)20-16-29)35(3,43-23)27-11-7-25(8-12-27)5-6-26-9-13-28(14-10-26)36(4)38(34(42)24(2)44-36)30-17-21-32(40)22-18-30/h7-24,39-40H,5-6H2,1-4H3/t23-,24-,35-,36-/m0/s1. The van der Waals surface area contributed by atoms with Crippen molar-refractivity contribution in [3.05, 3.63) is 119 Å². The maximum absolute atomic E-state index is 13.2. The largest absolute Gasteiger partial charge is 0.508 e. The van der Waals surface area contributed by atoms with Crippen LogP contribution in [0.15, 0.2) is 97.1 Å². The predicted octanol–water partition coefficient (Wildman–Crippen LogP) is 7.57. The number of phenolic OH excluding ortho intramolecular Hbond substituents is 2. The molecule has 44 heavy (non-hydrogen) atoms. The average molecular weight is 625 g/mol. The lowest BCUT2D eigenvalue weighted by Gasteiger charge is -2.35. The van der Waals surface area contributed by atoms with E-state index in [1.807, 2.05) is 23.6 Å². The fourth-order valence-electron chi connectivity index (χ4n) is 6.27. The van der Waals surface area contributed by atoms with Gasteiger partial charge in [0, 0.05) is 11.4 Å². The van der Waals surface area contributed by atoms with Crippen molar-refractivity contribution in [1.29, 1.82) is 0 Å². The highest BCUT2D eigenvalue weighted by atomic mass is 32.2. The van der Waals surface area contributed by atoms with Gasteiger partial charge < -0.3 is 10.2 Å². The first-order valence-electron chi connectivity index (χ1n) is 14.8. The minimum atomic E-state index is -0.552. The van der Waals surface area contributed by atoms with E-state index >= 15 is 0 Å². The van der Waals surface area contributed by atoms with Crippen molar-refractivity contribution >= 4 is 46.7 Å². The number of carbonyl (C=O) groups excluding carboxylic acids is 2. The molecule has 0 bridgehead atoms. The molecule has 0 spiro atoms. The number of benzene rings is 4. The summed E-state index contributed by atoms with van der Waals surface area (Å²) >= 11 is 3.28. The van der Waals surface area contributed by atoms with E-state index in [1.165, 1.54) is 11.1 Å². The van der Waals surface area contributed by atoms with E-state index in [2.05, 4.69) is 62.4 Å². The number of anilines is 2. The number of phenols is 2. The predicted molar refractivity (Wildman–Crippen MR) is 180 cm³/mol. The van der Waals surface area contributed by atoms with Crippen LogP contribution in [-0.4, -0.2) is 32.5 Å². The summed E-state index contributed by atoms with van der Waals surface area (Å²) in [5, 5.41) is 19.2. The topological polar surface area (TPSA) is 81.1 Å². The van der Waals surface area contributed by atoms with Crippen molar-refractivity contribution in [3.63, 3.8) is 0 Å². The van der Waals surface area contributed by atoms with Crippen LogP contribution in [0.25, 0.3) is 0 Å². The first-order valence-corrected chi connectivity index (χ1v) is 16.6. The van der Waals surface area contributed by atoms with Crippen LogP contribution in [-0.2, 0) is 32.2 Å². The van der Waals surface area contributed by atoms with Crippen LogP contribution in [0.1, 0.15) is 49.9 Å². The molecule has 2 fully saturated rings. The molecule has 2 heterocycles. The van der Waals surface area contributed by atoms with E-state index in [0.29, 0.717) is 0 Å². The van der Waals surface area contributed by atoms with Crippen LogP contribution in [0.3, 0.4) is 0 Å². The number of aromatic hydroxyl groups is 2. The second kappa shape index (κ2) is 11.6. The zero-order valence-electron chi connectivity index (χ0n) is 25.2. The van der Waals surface area contributed by atoms with Gasteiger partial charge in [-0.3, -0.25) is 19.4 Å². The Bertz CT molecular complexity index is 1550. The summed E-state index contributed by atoms with van der Waals surface area (Å²) in [6.07, 6.45) is 1.75. The maximum Gasteiger partial charge on any atom is 0.241 e. The van der Waals surface area contributed by atoms with Crippen molar-refractivity contribution in [2.24, 2.45) is 0 Å². The molecular formula is C36H36N2O4S2. The number of amides is 2. The Kier molecular flexibility index (Phi) is 7.92. The number of hydrogen-bond acceptors (Lipinski definition) is 6. The summed E-state index contributed by atoms with van der Waals surface area (Å²) in [5.41, 5.74) is 6.10. The lowest BCUT2D eigenvalue weighted by molar-refractivity contribution is -0.118. The van der Waals surface area contributed by atoms with Gasteiger partial charge in [0.15, 0.2) is 0 Å². The lowest BCUT2D eigenvalue weighted by Crippen LogP contribution is -2.40. The Balaban J connectivity index is 1.16. The van der Waals surface area contributed by atoms with Crippen LogP contribution in [0.5, 0.6) is 11.5 Å². The number of carbonyl (C=O) groups is 2. The molecule has 2 saturated heterocycles. The summed E-state index contributed by atoms with van der Waals surface area (Å²) in [5.74, 6) is 0.472. The highest BCUT2D eigenvalue weighted by Crippen LogP contribution is 2.52. The van der Waals surface area contributed by atoms with E-state index in [-0.39, 0.29) is 33.8 Å². The monoisotopic (exact) mass is 624 g/mol. The van der Waals surface area contributed by atoms with E-state index in [0.717, 1.165) is 35.3 Å². The summed E-state index contributed by atoms with van der Waals surface area (Å²) < 4.78 is 0. The van der Waals surface area contributed by atoms with Gasteiger partial charge in [-0.1, -0.05) is 48.5 Å². The molecule has 2 aliphatic rings. The zero-order valence-corrected chi connectivity index (χ0v) is 26.9. The van der Waals surface area contributed by atoms with Crippen LogP contribution < -0.4 is 9.80 Å². The summed E-state index contributed by atoms with van der Waals surface area (Å²) in [6, 6.07) is 30.7. The fourth-order valence-corrected chi connectivity index (χ4v) is 9.21. The van der Waals surface area contributed by atoms with Gasteiger partial charge in [0.1, 0.15) is 21.2 Å². The van der Waals surface area contributed by atoms with Crippen molar-refractivity contribution in [2.75, 3.05) is 9.80 Å². The van der Waals surface area contributed by atoms with Crippen LogP contribution in [0, 0.1) is 0 Å². The Hall–Kier alpha value is -3.88. The van der Waals surface area contributed by atoms with Gasteiger partial charge in [-0.15, -0.1) is 23.5 Å². The molecule has 2 N–H and O–H groups in total. The Morgan fingerprint density at radius 1 is 0.568 bits per heavy atom. The van der Waals surface area contributed by atoms with Gasteiger partial charge in [0.2, 0.25) is 11.8 Å². The second-order valence-electron chi connectivity index (χ2n) is 11.8. The number of rotatable bonds is 7. The van der Waals surface area contributed by atoms with Crippen molar-refractivity contribution in [3.8, 4) is 11.5 Å². The van der Waals surface area contributed by atoms with Gasteiger partial charge >= 0.3 is 0 Å². The Labute approximate surface area is 267 Å². The molecule has 2 amide bonds. The van der Waals surface area contributed by atoms with Gasteiger partial charge in [0.25, 0.3) is 0 Å². The number of thioether (sulfide) groups is 2. The first-order chi connectivity index (χ1) is 21.0. The molecule has 4 aromatic carbocycles.